The number of non-ortho nitro benzene ring substituents is 1. The number of carbonyl (C=O) groups excluding carboxylic acids is 1. The van der Waals surface area contributed by atoms with Gasteiger partial charge in [0.1, 0.15) is 0 Å². The lowest BCUT2D eigenvalue weighted by Crippen LogP contribution is -2.35. The molecule has 6 nitrogen and oxygen atoms in total. The Labute approximate surface area is 130 Å². The van der Waals surface area contributed by atoms with Gasteiger partial charge in [-0.15, -0.1) is 0 Å². The molecular weight excluding hydrogens is 317 g/mol. The highest BCUT2D eigenvalue weighted by Gasteiger charge is 2.33. The summed E-state index contributed by atoms with van der Waals surface area (Å²) in [5, 5.41) is 22.7. The Balaban J connectivity index is 3.00. The highest BCUT2D eigenvalue weighted by atomic mass is 19.4. The summed E-state index contributed by atoms with van der Waals surface area (Å²) in [5.41, 5.74) is -2.59. The van der Waals surface area contributed by atoms with Crippen LogP contribution in [0.15, 0.2) is 18.2 Å². The first-order chi connectivity index (χ1) is 10.6. The van der Waals surface area contributed by atoms with Crippen LogP contribution in [0.3, 0.4) is 0 Å². The number of hydrogen-bond acceptors (Lipinski definition) is 4. The van der Waals surface area contributed by atoms with Crippen molar-refractivity contribution < 1.29 is 28.0 Å². The lowest BCUT2D eigenvalue weighted by Gasteiger charge is -2.17. The van der Waals surface area contributed by atoms with E-state index < -0.39 is 39.9 Å². The number of hydrogen-bond donors (Lipinski definition) is 2. The van der Waals surface area contributed by atoms with Crippen LogP contribution in [0.2, 0.25) is 0 Å². The minimum atomic E-state index is -4.81. The van der Waals surface area contributed by atoms with E-state index in [1.807, 2.05) is 6.92 Å². The second-order valence-corrected chi connectivity index (χ2v) is 5.19. The third kappa shape index (κ3) is 5.20. The number of nitrogens with zero attached hydrogens (tertiary/aromatic N) is 1. The van der Waals surface area contributed by atoms with Crippen molar-refractivity contribution >= 4 is 11.6 Å². The molecule has 0 aliphatic heterocycles. The zero-order chi connectivity index (χ0) is 17.8. The Bertz CT molecular complexity index is 590. The molecule has 0 bridgehead atoms. The quantitative estimate of drug-likeness (QED) is 0.618. The summed E-state index contributed by atoms with van der Waals surface area (Å²) < 4.78 is 38.2. The number of aliphatic hydroxyl groups is 1. The smallest absolute Gasteiger partial charge is 0.391 e. The minimum absolute atomic E-state index is 0.105. The molecule has 1 aromatic rings. The van der Waals surface area contributed by atoms with Crippen LogP contribution in [0, 0.1) is 16.0 Å². The number of carbonyl (C=O) groups is 1. The number of alkyl halides is 3. The number of benzene rings is 1. The van der Waals surface area contributed by atoms with E-state index >= 15 is 0 Å². The molecule has 2 N–H and O–H groups in total. The number of rotatable bonds is 6. The molecule has 0 radical (unpaired) electrons. The van der Waals surface area contributed by atoms with Crippen molar-refractivity contribution in [1.29, 1.82) is 0 Å². The molecular formula is C14H17F3N2O4. The summed E-state index contributed by atoms with van der Waals surface area (Å²) in [7, 11) is 0. The van der Waals surface area contributed by atoms with Crippen molar-refractivity contribution in [2.75, 3.05) is 6.54 Å². The summed E-state index contributed by atoms with van der Waals surface area (Å²) in [6.45, 7) is 3.44. The van der Waals surface area contributed by atoms with Crippen LogP contribution in [0.25, 0.3) is 0 Å². The van der Waals surface area contributed by atoms with E-state index in [9.17, 15) is 33.2 Å². The van der Waals surface area contributed by atoms with Crippen LogP contribution in [0.5, 0.6) is 0 Å². The van der Waals surface area contributed by atoms with Crippen LogP contribution >= 0.6 is 0 Å². The first-order valence-corrected chi connectivity index (χ1v) is 6.89. The number of amides is 1. The van der Waals surface area contributed by atoms with Gasteiger partial charge in [0.25, 0.3) is 11.6 Å². The average Bonchev–Trinajstić information content (AvgIpc) is 2.49. The zero-order valence-electron chi connectivity index (χ0n) is 12.6. The molecule has 0 aromatic heterocycles. The van der Waals surface area contributed by atoms with Crippen LogP contribution in [-0.2, 0) is 6.18 Å². The highest BCUT2D eigenvalue weighted by Crippen LogP contribution is 2.32. The van der Waals surface area contributed by atoms with Crippen LogP contribution in [0.4, 0.5) is 18.9 Å². The maximum atomic E-state index is 12.7. The van der Waals surface area contributed by atoms with Gasteiger partial charge in [0.15, 0.2) is 0 Å². The second kappa shape index (κ2) is 7.40. The highest BCUT2D eigenvalue weighted by molar-refractivity contribution is 5.95. The summed E-state index contributed by atoms with van der Waals surface area (Å²) >= 11 is 0. The van der Waals surface area contributed by atoms with Gasteiger partial charge in [0.2, 0.25) is 0 Å². The zero-order valence-corrected chi connectivity index (χ0v) is 12.6. The molecule has 0 heterocycles. The number of nitro benzene ring substituents is 1. The predicted molar refractivity (Wildman–Crippen MR) is 75.9 cm³/mol. The van der Waals surface area contributed by atoms with E-state index in [0.717, 1.165) is 6.07 Å². The maximum Gasteiger partial charge on any atom is 0.416 e. The van der Waals surface area contributed by atoms with Crippen LogP contribution < -0.4 is 5.32 Å². The lowest BCUT2D eigenvalue weighted by molar-refractivity contribution is -0.385. The van der Waals surface area contributed by atoms with Crippen molar-refractivity contribution in [3.8, 4) is 0 Å². The molecule has 0 spiro atoms. The Hall–Kier alpha value is -2.16. The van der Waals surface area contributed by atoms with E-state index in [4.69, 9.17) is 0 Å². The molecule has 23 heavy (non-hydrogen) atoms. The first-order valence-electron chi connectivity index (χ1n) is 6.89. The average molecular weight is 334 g/mol. The van der Waals surface area contributed by atoms with Gasteiger partial charge >= 0.3 is 6.18 Å². The Morgan fingerprint density at radius 1 is 1.39 bits per heavy atom. The van der Waals surface area contributed by atoms with Gasteiger partial charge in [-0.1, -0.05) is 20.3 Å². The molecule has 9 heteroatoms. The topological polar surface area (TPSA) is 92.5 Å². The van der Waals surface area contributed by atoms with Gasteiger partial charge in [-0.2, -0.15) is 13.2 Å². The number of aliphatic hydroxyl groups excluding tert-OH is 1. The van der Waals surface area contributed by atoms with E-state index in [1.54, 1.807) is 6.92 Å². The fourth-order valence-corrected chi connectivity index (χ4v) is 1.78. The van der Waals surface area contributed by atoms with E-state index in [1.165, 1.54) is 0 Å². The molecule has 2 atom stereocenters. The minimum Gasteiger partial charge on any atom is -0.391 e. The Morgan fingerprint density at radius 3 is 2.48 bits per heavy atom. The van der Waals surface area contributed by atoms with Crippen LogP contribution in [0.1, 0.15) is 36.2 Å². The normalized spacial score (nSPS) is 14.2. The van der Waals surface area contributed by atoms with Gasteiger partial charge in [0.05, 0.1) is 16.6 Å². The molecule has 0 aliphatic rings. The molecule has 0 saturated carbocycles. The number of nitrogens with one attached hydrogen (secondary N) is 1. The molecule has 1 amide bonds. The first kappa shape index (κ1) is 18.9. The lowest BCUT2D eigenvalue weighted by atomic mass is 10.0. The molecule has 0 fully saturated rings. The van der Waals surface area contributed by atoms with Gasteiger partial charge in [-0.3, -0.25) is 14.9 Å². The monoisotopic (exact) mass is 334 g/mol. The van der Waals surface area contributed by atoms with Crippen molar-refractivity contribution in [3.63, 3.8) is 0 Å². The Morgan fingerprint density at radius 2 is 2.00 bits per heavy atom. The number of nitro groups is 1. The molecule has 1 aromatic carbocycles. The summed E-state index contributed by atoms with van der Waals surface area (Å²) in [5.74, 6) is -1.02. The molecule has 128 valence electrons. The predicted octanol–water partition coefficient (Wildman–Crippen LogP) is 2.75. The summed E-state index contributed by atoms with van der Waals surface area (Å²) in [6, 6.07) is 1.67. The van der Waals surface area contributed by atoms with Crippen molar-refractivity contribution in [3.05, 3.63) is 39.4 Å². The largest absolute Gasteiger partial charge is 0.416 e. The second-order valence-electron chi connectivity index (χ2n) is 5.19. The number of halogens is 3. The standard InChI is InChI=1S/C14H17F3N2O4/c1-3-8(2)12(20)7-18-13(21)9-4-10(14(15,16)17)6-11(5-9)19(22)23/h4-6,8,12,20H,3,7H2,1-2H3,(H,18,21). The van der Waals surface area contributed by atoms with Gasteiger partial charge < -0.3 is 10.4 Å². The van der Waals surface area contributed by atoms with E-state index in [2.05, 4.69) is 5.32 Å². The SMILES string of the molecule is CCC(C)C(O)CNC(=O)c1cc([N+](=O)[O-])cc(C(F)(F)F)c1. The fraction of sp³-hybridized carbons (Fsp3) is 0.500. The van der Waals surface area contributed by atoms with Crippen molar-refractivity contribution in [1.82, 2.24) is 5.32 Å². The summed E-state index contributed by atoms with van der Waals surface area (Å²) in [6.07, 6.45) is -5.01. The maximum absolute atomic E-state index is 12.7. The third-order valence-electron chi connectivity index (χ3n) is 3.49. The summed E-state index contributed by atoms with van der Waals surface area (Å²) in [4.78, 5) is 21.6. The van der Waals surface area contributed by atoms with Gasteiger partial charge in [-0.25, -0.2) is 0 Å². The Kier molecular flexibility index (Phi) is 6.08. The van der Waals surface area contributed by atoms with E-state index in [-0.39, 0.29) is 12.5 Å². The van der Waals surface area contributed by atoms with Crippen LogP contribution in [-0.4, -0.2) is 28.6 Å². The third-order valence-corrected chi connectivity index (χ3v) is 3.49. The van der Waals surface area contributed by atoms with Crippen molar-refractivity contribution in [2.24, 2.45) is 5.92 Å². The molecule has 1 rings (SSSR count). The van der Waals surface area contributed by atoms with Crippen molar-refractivity contribution in [2.45, 2.75) is 32.5 Å². The van der Waals surface area contributed by atoms with E-state index in [0.29, 0.717) is 18.6 Å². The fourth-order valence-electron chi connectivity index (χ4n) is 1.78. The van der Waals surface area contributed by atoms with Gasteiger partial charge in [0, 0.05) is 24.2 Å². The molecule has 0 saturated heterocycles. The molecule has 0 aliphatic carbocycles. The van der Waals surface area contributed by atoms with Gasteiger partial charge in [-0.05, 0) is 12.0 Å². The molecule has 2 unspecified atom stereocenters.